The van der Waals surface area contributed by atoms with Gasteiger partial charge in [0.15, 0.2) is 0 Å². The molecule has 1 aliphatic heterocycles. The molecule has 1 N–H and O–H groups in total. The number of hydrogen-bond acceptors (Lipinski definition) is 3. The second-order valence-electron chi connectivity index (χ2n) is 6.45. The molecule has 1 saturated heterocycles. The van der Waals surface area contributed by atoms with Gasteiger partial charge >= 0.3 is 5.97 Å². The Morgan fingerprint density at radius 1 is 1.04 bits per heavy atom. The van der Waals surface area contributed by atoms with Crippen LogP contribution < -0.4 is 4.90 Å². The van der Waals surface area contributed by atoms with E-state index in [1.807, 2.05) is 0 Å². The Labute approximate surface area is 138 Å². The molecular weight excluding hydrogens is 318 g/mol. The van der Waals surface area contributed by atoms with Gasteiger partial charge in [-0.2, -0.15) is 0 Å². The predicted molar refractivity (Wildman–Crippen MR) is 83.6 cm³/mol. The normalized spacial score (nSPS) is 24.2. The van der Waals surface area contributed by atoms with Crippen molar-refractivity contribution in [3.63, 3.8) is 0 Å². The van der Waals surface area contributed by atoms with Crippen molar-refractivity contribution >= 4 is 17.6 Å². The van der Waals surface area contributed by atoms with E-state index in [2.05, 4.69) is 0 Å². The Morgan fingerprint density at radius 2 is 1.71 bits per heavy atom. The number of carboxylic acids is 1. The molecule has 24 heavy (non-hydrogen) atoms. The van der Waals surface area contributed by atoms with Crippen LogP contribution in [0.3, 0.4) is 0 Å². The van der Waals surface area contributed by atoms with E-state index in [1.165, 1.54) is 6.07 Å². The van der Waals surface area contributed by atoms with Gasteiger partial charge in [-0.1, -0.05) is 0 Å². The third-order valence-electron chi connectivity index (χ3n) is 4.97. The van der Waals surface area contributed by atoms with E-state index < -0.39 is 23.5 Å². The fourth-order valence-corrected chi connectivity index (χ4v) is 3.58. The van der Waals surface area contributed by atoms with Gasteiger partial charge in [0.05, 0.1) is 11.6 Å². The number of hydrogen-bond donors (Lipinski definition) is 1. The van der Waals surface area contributed by atoms with Crippen molar-refractivity contribution < 1.29 is 23.5 Å². The molecule has 0 aromatic heterocycles. The Hall–Kier alpha value is -2.18. The Bertz CT molecular complexity index is 645. The summed E-state index contributed by atoms with van der Waals surface area (Å²) in [6.07, 6.45) is 1.54. The zero-order valence-electron chi connectivity index (χ0n) is 13.3. The third kappa shape index (κ3) is 3.34. The minimum Gasteiger partial charge on any atom is -0.481 e. The SMILES string of the molecule is O=C(O)[C@@H]1CC[C@H](C(=O)N2CCN(c3cc(F)ccc3F)CC2)C1. The molecule has 0 bridgehead atoms. The van der Waals surface area contributed by atoms with Crippen molar-refractivity contribution in [3.8, 4) is 0 Å². The van der Waals surface area contributed by atoms with E-state index in [4.69, 9.17) is 5.11 Å². The maximum absolute atomic E-state index is 13.8. The first kappa shape index (κ1) is 16.7. The average Bonchev–Trinajstić information content (AvgIpc) is 3.07. The maximum Gasteiger partial charge on any atom is 0.306 e. The number of aliphatic carboxylic acids is 1. The Morgan fingerprint density at radius 3 is 2.33 bits per heavy atom. The van der Waals surface area contributed by atoms with Crippen LogP contribution in [-0.4, -0.2) is 48.1 Å². The first-order valence-corrected chi connectivity index (χ1v) is 8.17. The number of carbonyl (C=O) groups excluding carboxylic acids is 1. The van der Waals surface area contributed by atoms with Crippen molar-refractivity contribution in [2.75, 3.05) is 31.1 Å². The quantitative estimate of drug-likeness (QED) is 0.917. The predicted octanol–water partition coefficient (Wildman–Crippen LogP) is 2.11. The number of carboxylic acid groups (broad SMARTS) is 1. The molecule has 1 amide bonds. The van der Waals surface area contributed by atoms with Gasteiger partial charge in [0.25, 0.3) is 0 Å². The second kappa shape index (κ2) is 6.75. The molecular formula is C17H20F2N2O3. The van der Waals surface area contributed by atoms with E-state index in [0.717, 1.165) is 12.1 Å². The zero-order valence-corrected chi connectivity index (χ0v) is 13.3. The highest BCUT2D eigenvalue weighted by Gasteiger charge is 2.36. The number of nitrogens with zero attached hydrogens (tertiary/aromatic N) is 2. The van der Waals surface area contributed by atoms with Crippen LogP contribution in [0.25, 0.3) is 0 Å². The first-order valence-electron chi connectivity index (χ1n) is 8.17. The maximum atomic E-state index is 13.8. The summed E-state index contributed by atoms with van der Waals surface area (Å²) in [6, 6.07) is 3.35. The average molecular weight is 338 g/mol. The van der Waals surface area contributed by atoms with Gasteiger partial charge in [-0.25, -0.2) is 8.78 Å². The number of piperazine rings is 1. The number of anilines is 1. The van der Waals surface area contributed by atoms with Crippen LogP contribution in [0.5, 0.6) is 0 Å². The molecule has 2 atom stereocenters. The molecule has 0 unspecified atom stereocenters. The highest BCUT2D eigenvalue weighted by Crippen LogP contribution is 2.33. The van der Waals surface area contributed by atoms with Crippen molar-refractivity contribution in [1.82, 2.24) is 4.90 Å². The molecule has 130 valence electrons. The van der Waals surface area contributed by atoms with Gasteiger partial charge in [-0.15, -0.1) is 0 Å². The van der Waals surface area contributed by atoms with Crippen LogP contribution in [0.1, 0.15) is 19.3 Å². The van der Waals surface area contributed by atoms with Crippen LogP contribution in [-0.2, 0) is 9.59 Å². The van der Waals surface area contributed by atoms with Crippen LogP contribution in [0.4, 0.5) is 14.5 Å². The van der Waals surface area contributed by atoms with Crippen molar-refractivity contribution in [1.29, 1.82) is 0 Å². The molecule has 7 heteroatoms. The van der Waals surface area contributed by atoms with Gasteiger partial charge in [-0.05, 0) is 31.4 Å². The summed E-state index contributed by atoms with van der Waals surface area (Å²) >= 11 is 0. The molecule has 1 aliphatic carbocycles. The highest BCUT2D eigenvalue weighted by atomic mass is 19.1. The van der Waals surface area contributed by atoms with Crippen LogP contribution >= 0.6 is 0 Å². The smallest absolute Gasteiger partial charge is 0.306 e. The molecule has 3 rings (SSSR count). The Balaban J connectivity index is 1.58. The fraction of sp³-hybridized carbons (Fsp3) is 0.529. The largest absolute Gasteiger partial charge is 0.481 e. The summed E-state index contributed by atoms with van der Waals surface area (Å²) in [6.45, 7) is 1.73. The number of benzene rings is 1. The van der Waals surface area contributed by atoms with E-state index >= 15 is 0 Å². The third-order valence-corrected chi connectivity index (χ3v) is 4.97. The van der Waals surface area contributed by atoms with Crippen molar-refractivity contribution in [2.24, 2.45) is 11.8 Å². The molecule has 1 saturated carbocycles. The lowest BCUT2D eigenvalue weighted by Gasteiger charge is -2.37. The van der Waals surface area contributed by atoms with E-state index in [0.29, 0.717) is 45.4 Å². The lowest BCUT2D eigenvalue weighted by Crippen LogP contribution is -2.50. The van der Waals surface area contributed by atoms with Crippen LogP contribution in [0, 0.1) is 23.5 Å². The molecule has 5 nitrogen and oxygen atoms in total. The summed E-state index contributed by atoms with van der Waals surface area (Å²) in [5.41, 5.74) is 0.217. The summed E-state index contributed by atoms with van der Waals surface area (Å²) < 4.78 is 27.1. The Kier molecular flexibility index (Phi) is 4.69. The monoisotopic (exact) mass is 338 g/mol. The van der Waals surface area contributed by atoms with Gasteiger partial charge in [0, 0.05) is 38.2 Å². The minimum absolute atomic E-state index is 0.0156. The molecule has 0 spiro atoms. The molecule has 1 aromatic carbocycles. The number of amides is 1. The van der Waals surface area contributed by atoms with Crippen molar-refractivity contribution in [2.45, 2.75) is 19.3 Å². The molecule has 1 heterocycles. The standard InChI is InChI=1S/C17H20F2N2O3/c18-13-3-4-14(19)15(10-13)20-5-7-21(8-6-20)16(22)11-1-2-12(9-11)17(23)24/h3-4,10-12H,1-2,5-9H2,(H,23,24)/t11-,12+/m0/s1. The number of carbonyl (C=O) groups is 2. The minimum atomic E-state index is -0.836. The second-order valence-corrected chi connectivity index (χ2v) is 6.45. The number of halogens is 2. The molecule has 1 aromatic rings. The fourth-order valence-electron chi connectivity index (χ4n) is 3.58. The number of rotatable bonds is 3. The molecule has 0 radical (unpaired) electrons. The van der Waals surface area contributed by atoms with E-state index in [-0.39, 0.29) is 17.5 Å². The topological polar surface area (TPSA) is 60.9 Å². The van der Waals surface area contributed by atoms with Crippen LogP contribution in [0.15, 0.2) is 18.2 Å². The van der Waals surface area contributed by atoms with Gasteiger partial charge < -0.3 is 14.9 Å². The lowest BCUT2D eigenvalue weighted by molar-refractivity contribution is -0.141. The van der Waals surface area contributed by atoms with E-state index in [1.54, 1.807) is 9.80 Å². The first-order chi connectivity index (χ1) is 11.5. The highest BCUT2D eigenvalue weighted by molar-refractivity contribution is 5.81. The van der Waals surface area contributed by atoms with Gasteiger partial charge in [0.1, 0.15) is 11.6 Å². The van der Waals surface area contributed by atoms with Crippen LogP contribution in [0.2, 0.25) is 0 Å². The molecule has 2 fully saturated rings. The summed E-state index contributed by atoms with van der Waals surface area (Å²) in [4.78, 5) is 27.0. The summed E-state index contributed by atoms with van der Waals surface area (Å²) in [5.74, 6) is -2.48. The van der Waals surface area contributed by atoms with Gasteiger partial charge in [-0.3, -0.25) is 9.59 Å². The van der Waals surface area contributed by atoms with Gasteiger partial charge in [0.2, 0.25) is 5.91 Å². The summed E-state index contributed by atoms with van der Waals surface area (Å²) in [5, 5.41) is 9.03. The summed E-state index contributed by atoms with van der Waals surface area (Å²) in [7, 11) is 0. The lowest BCUT2D eigenvalue weighted by atomic mass is 10.0. The zero-order chi connectivity index (χ0) is 17.3. The van der Waals surface area contributed by atoms with Crippen molar-refractivity contribution in [3.05, 3.63) is 29.8 Å². The molecule has 2 aliphatic rings. The van der Waals surface area contributed by atoms with E-state index in [9.17, 15) is 18.4 Å².